The Balaban J connectivity index is 0.00000182. The average molecular weight is 359 g/mol. The van der Waals surface area contributed by atoms with Crippen molar-refractivity contribution in [2.45, 2.75) is 44.2 Å². The maximum Gasteiger partial charge on any atom is 0.228 e. The number of hydrogen-bond donors (Lipinski definition) is 2. The molecular weight excluding hydrogens is 336 g/mol. The van der Waals surface area contributed by atoms with Gasteiger partial charge >= 0.3 is 0 Å². The van der Waals surface area contributed by atoms with Crippen molar-refractivity contribution in [3.8, 4) is 5.75 Å². The Morgan fingerprint density at radius 2 is 1.96 bits per heavy atom. The van der Waals surface area contributed by atoms with Crippen molar-refractivity contribution in [3.05, 3.63) is 59.2 Å². The number of nitrogens with one attached hydrogen (secondary N) is 1. The van der Waals surface area contributed by atoms with Crippen LogP contribution in [0.5, 0.6) is 5.75 Å². The van der Waals surface area contributed by atoms with E-state index in [0.717, 1.165) is 29.7 Å². The lowest BCUT2D eigenvalue weighted by Gasteiger charge is -2.39. The van der Waals surface area contributed by atoms with Gasteiger partial charge < -0.3 is 15.8 Å². The van der Waals surface area contributed by atoms with E-state index < -0.39 is 0 Å². The van der Waals surface area contributed by atoms with Crippen LogP contribution in [0.25, 0.3) is 0 Å². The third-order valence-electron chi connectivity index (χ3n) is 4.98. The molecule has 2 aliphatic rings. The van der Waals surface area contributed by atoms with E-state index in [2.05, 4.69) is 11.4 Å². The molecule has 4 rings (SSSR count). The fourth-order valence-corrected chi connectivity index (χ4v) is 3.77. The number of nitrogen functional groups attached to an aromatic ring is 1. The van der Waals surface area contributed by atoms with Crippen molar-refractivity contribution in [2.75, 3.05) is 5.73 Å². The second kappa shape index (κ2) is 6.26. The van der Waals surface area contributed by atoms with Crippen LogP contribution in [-0.2, 0) is 11.2 Å². The lowest BCUT2D eigenvalue weighted by molar-refractivity contribution is -0.124. The van der Waals surface area contributed by atoms with Crippen LogP contribution in [0.4, 0.5) is 5.69 Å². The third kappa shape index (κ3) is 3.19. The summed E-state index contributed by atoms with van der Waals surface area (Å²) in [5, 5.41) is 3.23. The summed E-state index contributed by atoms with van der Waals surface area (Å²) in [6.45, 7) is 4.09. The molecule has 5 heteroatoms. The molecule has 1 amide bonds. The van der Waals surface area contributed by atoms with Crippen molar-refractivity contribution < 1.29 is 9.53 Å². The van der Waals surface area contributed by atoms with Crippen molar-refractivity contribution in [2.24, 2.45) is 0 Å². The van der Waals surface area contributed by atoms with E-state index in [-0.39, 0.29) is 35.9 Å². The van der Waals surface area contributed by atoms with Gasteiger partial charge in [-0.1, -0.05) is 24.3 Å². The van der Waals surface area contributed by atoms with Gasteiger partial charge in [0.25, 0.3) is 0 Å². The molecule has 0 radical (unpaired) electrons. The summed E-state index contributed by atoms with van der Waals surface area (Å²) in [4.78, 5) is 12.8. The van der Waals surface area contributed by atoms with Crippen LogP contribution in [0.2, 0.25) is 0 Å². The maximum absolute atomic E-state index is 12.8. The van der Waals surface area contributed by atoms with Crippen LogP contribution in [0.15, 0.2) is 42.5 Å². The highest BCUT2D eigenvalue weighted by molar-refractivity contribution is 5.87. The number of halogens is 1. The first kappa shape index (κ1) is 17.6. The zero-order valence-corrected chi connectivity index (χ0v) is 15.2. The summed E-state index contributed by atoms with van der Waals surface area (Å²) in [5.74, 6) is 0.848. The molecule has 132 valence electrons. The van der Waals surface area contributed by atoms with Crippen LogP contribution in [0.1, 0.15) is 48.9 Å². The van der Waals surface area contributed by atoms with Crippen molar-refractivity contribution in [3.63, 3.8) is 0 Å². The topological polar surface area (TPSA) is 64.4 Å². The minimum absolute atomic E-state index is 0. The van der Waals surface area contributed by atoms with Crippen LogP contribution in [0.3, 0.4) is 0 Å². The normalized spacial score (nSPS) is 22.3. The summed E-state index contributed by atoms with van der Waals surface area (Å²) in [7, 11) is 0. The van der Waals surface area contributed by atoms with E-state index in [1.54, 1.807) is 0 Å². The quantitative estimate of drug-likeness (QED) is 0.803. The number of anilines is 1. The van der Waals surface area contributed by atoms with Gasteiger partial charge in [0.2, 0.25) is 5.91 Å². The monoisotopic (exact) mass is 358 g/mol. The molecule has 1 aliphatic carbocycles. The smallest absolute Gasteiger partial charge is 0.228 e. The van der Waals surface area contributed by atoms with E-state index in [1.807, 2.05) is 50.2 Å². The first-order chi connectivity index (χ1) is 11.4. The molecule has 0 aromatic heterocycles. The molecule has 4 nitrogen and oxygen atoms in total. The largest absolute Gasteiger partial charge is 0.487 e. The van der Waals surface area contributed by atoms with Crippen LogP contribution in [0, 0.1) is 0 Å². The zero-order chi connectivity index (χ0) is 16.9. The standard InChI is InChI=1S/C20H22N2O2.ClH/c1-20(2)11-17(16-10-13(21)7-8-18(16)24-20)22-19(23)15-9-12-5-3-4-6-14(12)15;/h3-8,10,15,17H,9,11,21H2,1-2H3,(H,22,23);1H. The molecule has 1 aliphatic heterocycles. The van der Waals surface area contributed by atoms with Crippen molar-refractivity contribution >= 4 is 24.0 Å². The molecule has 0 spiro atoms. The van der Waals surface area contributed by atoms with Gasteiger partial charge in [-0.25, -0.2) is 0 Å². The molecule has 0 bridgehead atoms. The molecular formula is C20H23ClN2O2. The average Bonchev–Trinajstić information content (AvgIpc) is 2.48. The number of carbonyl (C=O) groups excluding carboxylic acids is 1. The van der Waals surface area contributed by atoms with E-state index >= 15 is 0 Å². The van der Waals surface area contributed by atoms with Gasteiger partial charge in [0, 0.05) is 17.7 Å². The Morgan fingerprint density at radius 1 is 1.20 bits per heavy atom. The summed E-state index contributed by atoms with van der Waals surface area (Å²) in [5.41, 5.74) is 9.69. The number of hydrogen-bond acceptors (Lipinski definition) is 3. The Kier molecular flexibility index (Phi) is 4.41. The second-order valence-corrected chi connectivity index (χ2v) is 7.38. The Labute approximate surface area is 154 Å². The molecule has 25 heavy (non-hydrogen) atoms. The molecule has 2 aromatic rings. The molecule has 1 heterocycles. The lowest BCUT2D eigenvalue weighted by atomic mass is 9.76. The summed E-state index contributed by atoms with van der Waals surface area (Å²) >= 11 is 0. The van der Waals surface area contributed by atoms with E-state index in [4.69, 9.17) is 10.5 Å². The molecule has 0 saturated heterocycles. The highest BCUT2D eigenvalue weighted by Crippen LogP contribution is 2.41. The van der Waals surface area contributed by atoms with Gasteiger partial charge in [0.1, 0.15) is 11.4 Å². The number of ether oxygens (including phenoxy) is 1. The first-order valence-electron chi connectivity index (χ1n) is 8.39. The highest BCUT2D eigenvalue weighted by Gasteiger charge is 2.38. The third-order valence-corrected chi connectivity index (χ3v) is 4.98. The summed E-state index contributed by atoms with van der Waals surface area (Å²) in [6.07, 6.45) is 1.54. The van der Waals surface area contributed by atoms with Gasteiger partial charge in [-0.2, -0.15) is 0 Å². The van der Waals surface area contributed by atoms with E-state index in [0.29, 0.717) is 5.69 Å². The molecule has 2 unspecified atom stereocenters. The number of nitrogens with two attached hydrogens (primary N) is 1. The zero-order valence-electron chi connectivity index (χ0n) is 14.4. The SMILES string of the molecule is CC1(C)CC(NC(=O)C2Cc3ccccc32)c2cc(N)ccc2O1.Cl. The van der Waals surface area contributed by atoms with Crippen LogP contribution >= 0.6 is 12.4 Å². The van der Waals surface area contributed by atoms with E-state index in [9.17, 15) is 4.79 Å². The molecule has 0 fully saturated rings. The predicted molar refractivity (Wildman–Crippen MR) is 101 cm³/mol. The first-order valence-corrected chi connectivity index (χ1v) is 8.39. The Morgan fingerprint density at radius 3 is 2.72 bits per heavy atom. The lowest BCUT2D eigenvalue weighted by Crippen LogP contribution is -2.44. The van der Waals surface area contributed by atoms with Gasteiger partial charge in [0.05, 0.1) is 12.0 Å². The Bertz CT molecular complexity index is 819. The van der Waals surface area contributed by atoms with Crippen molar-refractivity contribution in [1.29, 1.82) is 0 Å². The van der Waals surface area contributed by atoms with E-state index in [1.165, 1.54) is 5.56 Å². The van der Waals surface area contributed by atoms with Gasteiger partial charge in [-0.15, -0.1) is 12.4 Å². The number of amides is 1. The summed E-state index contributed by atoms with van der Waals surface area (Å²) in [6, 6.07) is 13.7. The molecule has 0 saturated carbocycles. The maximum atomic E-state index is 12.8. The van der Waals surface area contributed by atoms with Gasteiger partial charge in [-0.05, 0) is 49.6 Å². The number of rotatable bonds is 2. The number of carbonyl (C=O) groups is 1. The minimum atomic E-state index is -0.321. The van der Waals surface area contributed by atoms with Crippen molar-refractivity contribution in [1.82, 2.24) is 5.32 Å². The highest BCUT2D eigenvalue weighted by atomic mass is 35.5. The van der Waals surface area contributed by atoms with Gasteiger partial charge in [0.15, 0.2) is 0 Å². The Hall–Kier alpha value is -2.20. The fraction of sp³-hybridized carbons (Fsp3) is 0.350. The summed E-state index contributed by atoms with van der Waals surface area (Å²) < 4.78 is 6.04. The minimum Gasteiger partial charge on any atom is -0.487 e. The predicted octanol–water partition coefficient (Wildman–Crippen LogP) is 3.75. The molecule has 2 atom stereocenters. The molecule has 3 N–H and O–H groups in total. The number of fused-ring (bicyclic) bond motifs is 2. The number of benzene rings is 2. The van der Waals surface area contributed by atoms with Crippen LogP contribution < -0.4 is 15.8 Å². The second-order valence-electron chi connectivity index (χ2n) is 7.38. The van der Waals surface area contributed by atoms with Crippen LogP contribution in [-0.4, -0.2) is 11.5 Å². The van der Waals surface area contributed by atoms with Gasteiger partial charge in [-0.3, -0.25) is 4.79 Å². The fourth-order valence-electron chi connectivity index (χ4n) is 3.77. The molecule has 2 aromatic carbocycles.